The smallest absolute Gasteiger partial charge is 0.191 e. The Bertz CT molecular complexity index is 564. The summed E-state index contributed by atoms with van der Waals surface area (Å²) < 4.78 is 23.9. The molecule has 1 aromatic carbocycles. The average Bonchev–Trinajstić information content (AvgIpc) is 2.59. The molecular formula is C21H36O4Si. The summed E-state index contributed by atoms with van der Waals surface area (Å²) >= 11 is 0. The summed E-state index contributed by atoms with van der Waals surface area (Å²) in [4.78, 5) is 0. The lowest BCUT2D eigenvalue weighted by Gasteiger charge is -2.41. The predicted molar refractivity (Wildman–Crippen MR) is 108 cm³/mol. The van der Waals surface area contributed by atoms with E-state index in [2.05, 4.69) is 47.7 Å². The van der Waals surface area contributed by atoms with Gasteiger partial charge in [-0.2, -0.15) is 0 Å². The highest BCUT2D eigenvalue weighted by atomic mass is 28.4. The maximum Gasteiger partial charge on any atom is 0.191 e. The van der Waals surface area contributed by atoms with Crippen LogP contribution in [0.1, 0.15) is 46.5 Å². The van der Waals surface area contributed by atoms with E-state index in [1.807, 2.05) is 24.3 Å². The van der Waals surface area contributed by atoms with Crippen molar-refractivity contribution in [1.82, 2.24) is 0 Å². The van der Waals surface area contributed by atoms with Crippen LogP contribution in [0, 0.1) is 11.8 Å². The lowest BCUT2D eigenvalue weighted by Crippen LogP contribution is -2.45. The standard InChI is InChI=1S/C21H36O4Si/c1-15-13-23-20(17-9-11-18(22-6)12-10-17)25-19(15)16(2)14-24-26(7,8)21(3,4)5/h9-12,15-16,19-20H,13-14H2,1-8H3/t15-,16-,19-,20?/m0/s1. The van der Waals surface area contributed by atoms with E-state index < -0.39 is 8.32 Å². The minimum Gasteiger partial charge on any atom is -0.497 e. The molecule has 0 aromatic heterocycles. The van der Waals surface area contributed by atoms with Gasteiger partial charge >= 0.3 is 0 Å². The first-order valence-corrected chi connectivity index (χ1v) is 12.5. The average molecular weight is 381 g/mol. The Morgan fingerprint density at radius 1 is 1.19 bits per heavy atom. The minimum absolute atomic E-state index is 0.126. The predicted octanol–water partition coefficient (Wildman–Crippen LogP) is 5.40. The van der Waals surface area contributed by atoms with Crippen LogP contribution in [0.25, 0.3) is 0 Å². The van der Waals surface area contributed by atoms with Gasteiger partial charge in [0.15, 0.2) is 14.6 Å². The third kappa shape index (κ3) is 5.09. The molecule has 1 fully saturated rings. The molecule has 1 unspecified atom stereocenters. The van der Waals surface area contributed by atoms with Crippen molar-refractivity contribution < 1.29 is 18.6 Å². The first kappa shape index (κ1) is 21.4. The fraction of sp³-hybridized carbons (Fsp3) is 0.714. The van der Waals surface area contributed by atoms with E-state index in [-0.39, 0.29) is 17.4 Å². The van der Waals surface area contributed by atoms with Crippen LogP contribution in [0.5, 0.6) is 5.75 Å². The monoisotopic (exact) mass is 380 g/mol. The number of hydrogen-bond donors (Lipinski definition) is 0. The molecule has 1 aliphatic heterocycles. The van der Waals surface area contributed by atoms with Crippen molar-refractivity contribution in [3.63, 3.8) is 0 Å². The lowest BCUT2D eigenvalue weighted by molar-refractivity contribution is -0.251. The largest absolute Gasteiger partial charge is 0.497 e. The topological polar surface area (TPSA) is 36.9 Å². The third-order valence-corrected chi connectivity index (χ3v) is 10.3. The van der Waals surface area contributed by atoms with E-state index in [9.17, 15) is 0 Å². The van der Waals surface area contributed by atoms with Crippen LogP contribution in [0.2, 0.25) is 18.1 Å². The molecule has 0 spiro atoms. The highest BCUT2D eigenvalue weighted by Crippen LogP contribution is 2.38. The van der Waals surface area contributed by atoms with E-state index in [0.29, 0.717) is 18.4 Å². The molecule has 1 saturated heterocycles. The van der Waals surface area contributed by atoms with E-state index in [1.165, 1.54) is 0 Å². The van der Waals surface area contributed by atoms with Gasteiger partial charge < -0.3 is 18.6 Å². The SMILES string of the molecule is COc1ccc(C2OC[C@H](C)[C@@H]([C@@H](C)CO[Si](C)(C)C(C)(C)C)O2)cc1. The summed E-state index contributed by atoms with van der Waals surface area (Å²) in [6.07, 6.45) is -0.196. The van der Waals surface area contributed by atoms with Crippen molar-refractivity contribution in [3.8, 4) is 5.75 Å². The van der Waals surface area contributed by atoms with Crippen molar-refractivity contribution in [2.75, 3.05) is 20.3 Å². The normalized spacial score (nSPS) is 25.8. The molecule has 1 heterocycles. The van der Waals surface area contributed by atoms with Gasteiger partial charge in [0.2, 0.25) is 0 Å². The zero-order valence-electron chi connectivity index (χ0n) is 17.7. The maximum absolute atomic E-state index is 6.43. The van der Waals surface area contributed by atoms with E-state index in [1.54, 1.807) is 7.11 Å². The van der Waals surface area contributed by atoms with Gasteiger partial charge in [-0.15, -0.1) is 0 Å². The maximum atomic E-state index is 6.43. The van der Waals surface area contributed by atoms with Crippen LogP contribution in [0.15, 0.2) is 24.3 Å². The van der Waals surface area contributed by atoms with E-state index in [4.69, 9.17) is 18.6 Å². The van der Waals surface area contributed by atoms with Crippen LogP contribution in [-0.4, -0.2) is 34.7 Å². The summed E-state index contributed by atoms with van der Waals surface area (Å²) in [5, 5.41) is 0.223. The molecule has 5 heteroatoms. The second-order valence-electron chi connectivity index (χ2n) is 9.07. The van der Waals surface area contributed by atoms with Crippen LogP contribution >= 0.6 is 0 Å². The van der Waals surface area contributed by atoms with Gasteiger partial charge in [-0.05, 0) is 30.3 Å². The highest BCUT2D eigenvalue weighted by Gasteiger charge is 2.39. The molecule has 2 rings (SSSR count). The molecule has 0 N–H and O–H groups in total. The number of rotatable bonds is 6. The fourth-order valence-corrected chi connectivity index (χ4v) is 4.04. The summed E-state index contributed by atoms with van der Waals surface area (Å²) in [7, 11) is -0.0744. The minimum atomic E-state index is -1.75. The molecule has 1 aromatic rings. The second kappa shape index (κ2) is 8.42. The summed E-state index contributed by atoms with van der Waals surface area (Å²) in [6, 6.07) is 7.90. The molecule has 0 amide bonds. The van der Waals surface area contributed by atoms with Crippen molar-refractivity contribution >= 4 is 8.32 Å². The van der Waals surface area contributed by atoms with Gasteiger partial charge in [-0.1, -0.05) is 46.8 Å². The molecule has 4 atom stereocenters. The number of benzene rings is 1. The summed E-state index contributed by atoms with van der Waals surface area (Å²) in [5.41, 5.74) is 1.03. The number of methoxy groups -OCH3 is 1. The van der Waals surface area contributed by atoms with Gasteiger partial charge in [-0.25, -0.2) is 0 Å². The van der Waals surface area contributed by atoms with Gasteiger partial charge in [0.25, 0.3) is 0 Å². The quantitative estimate of drug-likeness (QED) is 0.619. The Balaban J connectivity index is 2.00. The van der Waals surface area contributed by atoms with E-state index in [0.717, 1.165) is 17.9 Å². The van der Waals surface area contributed by atoms with Crippen LogP contribution in [0.4, 0.5) is 0 Å². The highest BCUT2D eigenvalue weighted by molar-refractivity contribution is 6.74. The number of ether oxygens (including phenoxy) is 3. The summed E-state index contributed by atoms with van der Waals surface area (Å²) in [6.45, 7) is 17.3. The molecular weight excluding hydrogens is 344 g/mol. The first-order valence-electron chi connectivity index (χ1n) is 9.60. The van der Waals surface area contributed by atoms with Crippen molar-refractivity contribution in [3.05, 3.63) is 29.8 Å². The van der Waals surface area contributed by atoms with Crippen molar-refractivity contribution in [1.29, 1.82) is 0 Å². The van der Waals surface area contributed by atoms with Crippen LogP contribution < -0.4 is 4.74 Å². The second-order valence-corrected chi connectivity index (χ2v) is 13.9. The zero-order valence-corrected chi connectivity index (χ0v) is 18.7. The van der Waals surface area contributed by atoms with E-state index >= 15 is 0 Å². The Labute approximate surface area is 160 Å². The lowest BCUT2D eigenvalue weighted by atomic mass is 9.93. The molecule has 0 radical (unpaired) electrons. The first-order chi connectivity index (χ1) is 12.0. The molecule has 0 saturated carbocycles. The van der Waals surface area contributed by atoms with Crippen LogP contribution in [0.3, 0.4) is 0 Å². The molecule has 148 valence electrons. The van der Waals surface area contributed by atoms with Gasteiger partial charge in [-0.3, -0.25) is 0 Å². The molecule has 1 aliphatic rings. The van der Waals surface area contributed by atoms with Crippen LogP contribution in [-0.2, 0) is 13.9 Å². The van der Waals surface area contributed by atoms with Gasteiger partial charge in [0.1, 0.15) is 5.75 Å². The molecule has 0 bridgehead atoms. The Morgan fingerprint density at radius 3 is 2.35 bits per heavy atom. The Kier molecular flexibility index (Phi) is 6.94. The van der Waals surface area contributed by atoms with Crippen molar-refractivity contribution in [2.24, 2.45) is 11.8 Å². The third-order valence-electron chi connectivity index (χ3n) is 5.81. The Hall–Kier alpha value is -0.883. The van der Waals surface area contributed by atoms with Crippen molar-refractivity contribution in [2.45, 2.75) is 65.1 Å². The number of hydrogen-bond acceptors (Lipinski definition) is 4. The molecule has 4 nitrogen and oxygen atoms in total. The summed E-state index contributed by atoms with van der Waals surface area (Å²) in [5.74, 6) is 1.51. The zero-order chi connectivity index (χ0) is 19.5. The fourth-order valence-electron chi connectivity index (χ4n) is 2.93. The van der Waals surface area contributed by atoms with Gasteiger partial charge in [0.05, 0.1) is 19.8 Å². The molecule has 0 aliphatic carbocycles. The molecule has 26 heavy (non-hydrogen) atoms. The Morgan fingerprint density at radius 2 is 1.81 bits per heavy atom. The van der Waals surface area contributed by atoms with Gasteiger partial charge in [0, 0.05) is 24.0 Å².